The van der Waals surface area contributed by atoms with Crippen molar-refractivity contribution in [2.75, 3.05) is 7.05 Å². The van der Waals surface area contributed by atoms with E-state index in [4.69, 9.17) is 0 Å². The summed E-state index contributed by atoms with van der Waals surface area (Å²) in [5, 5.41) is 10.3. The van der Waals surface area contributed by atoms with Gasteiger partial charge in [0.05, 0.1) is 6.04 Å². The number of nitrogens with one attached hydrogen (secondary N) is 2. The molecule has 1 aromatic heterocycles. The molecule has 0 bridgehead atoms. The fraction of sp³-hybridized carbons (Fsp3) is 0.615. The molecule has 2 N–H and O–H groups in total. The molecule has 0 saturated carbocycles. The van der Waals surface area contributed by atoms with E-state index in [0.29, 0.717) is 5.92 Å². The summed E-state index contributed by atoms with van der Waals surface area (Å²) in [5.41, 5.74) is 1.24. The molecule has 0 aliphatic carbocycles. The molecule has 0 aliphatic heterocycles. The highest BCUT2D eigenvalue weighted by atomic mass is 32.1. The van der Waals surface area contributed by atoms with Crippen LogP contribution in [0.1, 0.15) is 38.8 Å². The maximum absolute atomic E-state index is 11.8. The van der Waals surface area contributed by atoms with Crippen LogP contribution in [-0.2, 0) is 4.79 Å². The zero-order chi connectivity index (χ0) is 12.8. The second-order valence-corrected chi connectivity index (χ2v) is 5.52. The number of likely N-dealkylation sites (N-methyl/N-ethyl adjacent to an activating group) is 1. The van der Waals surface area contributed by atoms with Gasteiger partial charge in [-0.25, -0.2) is 0 Å². The lowest BCUT2D eigenvalue weighted by molar-refractivity contribution is -0.123. The van der Waals surface area contributed by atoms with Crippen molar-refractivity contribution in [3.63, 3.8) is 0 Å². The first-order valence-corrected chi connectivity index (χ1v) is 6.98. The minimum absolute atomic E-state index is 0.0702. The van der Waals surface area contributed by atoms with E-state index >= 15 is 0 Å². The third kappa shape index (κ3) is 4.48. The molecule has 3 nitrogen and oxygen atoms in total. The van der Waals surface area contributed by atoms with Crippen LogP contribution in [0.2, 0.25) is 0 Å². The van der Waals surface area contributed by atoms with Crippen molar-refractivity contribution in [2.24, 2.45) is 5.92 Å². The van der Waals surface area contributed by atoms with Crippen molar-refractivity contribution in [3.05, 3.63) is 22.4 Å². The molecule has 0 saturated heterocycles. The molecule has 4 heteroatoms. The summed E-state index contributed by atoms with van der Waals surface area (Å²) in [7, 11) is 1.69. The lowest BCUT2D eigenvalue weighted by atomic mass is 10.0. The lowest BCUT2D eigenvalue weighted by Crippen LogP contribution is -2.44. The van der Waals surface area contributed by atoms with E-state index in [1.54, 1.807) is 18.4 Å². The van der Waals surface area contributed by atoms with Gasteiger partial charge in [0.25, 0.3) is 0 Å². The molecular weight excluding hydrogens is 232 g/mol. The maximum atomic E-state index is 11.8. The SMILES string of the molecule is CNC(=O)C(CC(C)C)NC(C)c1ccsc1. The molecule has 0 aromatic carbocycles. The van der Waals surface area contributed by atoms with E-state index < -0.39 is 0 Å². The second-order valence-electron chi connectivity index (χ2n) is 4.74. The Bertz CT molecular complexity index is 335. The van der Waals surface area contributed by atoms with Gasteiger partial charge in [-0.2, -0.15) is 11.3 Å². The van der Waals surface area contributed by atoms with E-state index in [1.165, 1.54) is 5.56 Å². The Morgan fingerprint density at radius 3 is 2.59 bits per heavy atom. The summed E-state index contributed by atoms with van der Waals surface area (Å²) in [6.07, 6.45) is 0.855. The standard InChI is InChI=1S/C13H22N2OS/c1-9(2)7-12(13(16)14-4)15-10(3)11-5-6-17-8-11/h5-6,8-10,12,15H,7H2,1-4H3,(H,14,16). The van der Waals surface area contributed by atoms with Gasteiger partial charge in [-0.05, 0) is 41.7 Å². The van der Waals surface area contributed by atoms with Gasteiger partial charge in [0.15, 0.2) is 0 Å². The largest absolute Gasteiger partial charge is 0.358 e. The van der Waals surface area contributed by atoms with Crippen LogP contribution in [-0.4, -0.2) is 19.0 Å². The Hall–Kier alpha value is -0.870. The van der Waals surface area contributed by atoms with Crippen LogP contribution < -0.4 is 10.6 Å². The van der Waals surface area contributed by atoms with E-state index in [9.17, 15) is 4.79 Å². The normalized spacial score (nSPS) is 14.6. The van der Waals surface area contributed by atoms with Gasteiger partial charge in [-0.3, -0.25) is 10.1 Å². The monoisotopic (exact) mass is 254 g/mol. The molecule has 0 spiro atoms. The van der Waals surface area contributed by atoms with E-state index in [0.717, 1.165) is 6.42 Å². The maximum Gasteiger partial charge on any atom is 0.236 e. The van der Waals surface area contributed by atoms with Gasteiger partial charge < -0.3 is 5.32 Å². The molecule has 0 aliphatic rings. The molecule has 1 heterocycles. The molecule has 17 heavy (non-hydrogen) atoms. The van der Waals surface area contributed by atoms with Crippen molar-refractivity contribution in [1.29, 1.82) is 0 Å². The number of carbonyl (C=O) groups excluding carboxylic acids is 1. The first-order chi connectivity index (χ1) is 8.04. The minimum atomic E-state index is -0.116. The summed E-state index contributed by atoms with van der Waals surface area (Å²) in [4.78, 5) is 11.8. The average molecular weight is 254 g/mol. The number of rotatable bonds is 6. The molecule has 2 atom stereocenters. The van der Waals surface area contributed by atoms with E-state index in [1.807, 2.05) is 0 Å². The quantitative estimate of drug-likeness (QED) is 0.819. The summed E-state index contributed by atoms with van der Waals surface area (Å²) in [5.74, 6) is 0.570. The van der Waals surface area contributed by atoms with Crippen molar-refractivity contribution in [2.45, 2.75) is 39.3 Å². The number of thiophene rings is 1. The zero-order valence-corrected chi connectivity index (χ0v) is 11.8. The summed E-state index contributed by atoms with van der Waals surface area (Å²) >= 11 is 1.68. The predicted molar refractivity (Wildman–Crippen MR) is 73.2 cm³/mol. The van der Waals surface area contributed by atoms with Crippen LogP contribution >= 0.6 is 11.3 Å². The molecule has 96 valence electrons. The van der Waals surface area contributed by atoms with Gasteiger partial charge in [0, 0.05) is 13.1 Å². The number of hydrogen-bond acceptors (Lipinski definition) is 3. The van der Waals surface area contributed by atoms with Crippen molar-refractivity contribution in [1.82, 2.24) is 10.6 Å². The number of carbonyl (C=O) groups is 1. The predicted octanol–water partition coefficient (Wildman–Crippen LogP) is 2.56. The van der Waals surface area contributed by atoms with Gasteiger partial charge in [-0.15, -0.1) is 0 Å². The van der Waals surface area contributed by atoms with Crippen LogP contribution in [0.15, 0.2) is 16.8 Å². The van der Waals surface area contributed by atoms with Crippen LogP contribution in [0.5, 0.6) is 0 Å². The highest BCUT2D eigenvalue weighted by molar-refractivity contribution is 7.07. The van der Waals surface area contributed by atoms with E-state index in [2.05, 4.69) is 48.2 Å². The molecule has 1 aromatic rings. The Balaban J connectivity index is 2.62. The fourth-order valence-electron chi connectivity index (χ4n) is 1.82. The number of amides is 1. The Labute approximate surface area is 108 Å². The topological polar surface area (TPSA) is 41.1 Å². The molecular formula is C13H22N2OS. The van der Waals surface area contributed by atoms with Gasteiger partial charge in [0.1, 0.15) is 0 Å². The first kappa shape index (κ1) is 14.2. The Morgan fingerprint density at radius 2 is 2.12 bits per heavy atom. The van der Waals surface area contributed by atoms with Crippen molar-refractivity contribution >= 4 is 17.2 Å². The fourth-order valence-corrected chi connectivity index (χ4v) is 2.57. The molecule has 2 unspecified atom stereocenters. The van der Waals surface area contributed by atoms with Crippen LogP contribution in [0.25, 0.3) is 0 Å². The second kappa shape index (κ2) is 6.77. The molecule has 1 amide bonds. The van der Waals surface area contributed by atoms with Crippen molar-refractivity contribution in [3.8, 4) is 0 Å². The summed E-state index contributed by atoms with van der Waals surface area (Å²) in [6, 6.07) is 2.19. The minimum Gasteiger partial charge on any atom is -0.358 e. The molecule has 0 radical (unpaired) electrons. The number of hydrogen-bond donors (Lipinski definition) is 2. The smallest absolute Gasteiger partial charge is 0.236 e. The third-order valence-electron chi connectivity index (χ3n) is 2.76. The van der Waals surface area contributed by atoms with E-state index in [-0.39, 0.29) is 18.0 Å². The highest BCUT2D eigenvalue weighted by Crippen LogP contribution is 2.17. The Kier molecular flexibility index (Phi) is 5.65. The first-order valence-electron chi connectivity index (χ1n) is 6.04. The van der Waals surface area contributed by atoms with Crippen LogP contribution in [0.3, 0.4) is 0 Å². The van der Waals surface area contributed by atoms with Gasteiger partial charge in [-0.1, -0.05) is 13.8 Å². The molecule has 0 fully saturated rings. The van der Waals surface area contributed by atoms with Crippen LogP contribution in [0.4, 0.5) is 0 Å². The zero-order valence-electron chi connectivity index (χ0n) is 11.0. The highest BCUT2D eigenvalue weighted by Gasteiger charge is 2.20. The van der Waals surface area contributed by atoms with Crippen molar-refractivity contribution < 1.29 is 4.79 Å². The van der Waals surface area contributed by atoms with Crippen LogP contribution in [0, 0.1) is 5.92 Å². The lowest BCUT2D eigenvalue weighted by Gasteiger charge is -2.23. The summed E-state index contributed by atoms with van der Waals surface area (Å²) in [6.45, 7) is 6.36. The average Bonchev–Trinajstić information content (AvgIpc) is 2.79. The van der Waals surface area contributed by atoms with Gasteiger partial charge in [0.2, 0.25) is 5.91 Å². The summed E-state index contributed by atoms with van der Waals surface area (Å²) < 4.78 is 0. The third-order valence-corrected chi connectivity index (χ3v) is 3.47. The van der Waals surface area contributed by atoms with Gasteiger partial charge >= 0.3 is 0 Å². The Morgan fingerprint density at radius 1 is 1.41 bits per heavy atom. The molecule has 1 rings (SSSR count).